The molecule has 1 heteroatoms. The van der Waals surface area contributed by atoms with Gasteiger partial charge in [-0.2, -0.15) is 0 Å². The molecule has 0 aliphatic carbocycles. The van der Waals surface area contributed by atoms with Crippen LogP contribution in [-0.4, -0.2) is 13.1 Å². The van der Waals surface area contributed by atoms with Crippen molar-refractivity contribution in [2.24, 2.45) is 0 Å². The van der Waals surface area contributed by atoms with Crippen LogP contribution in [0.5, 0.6) is 0 Å². The Labute approximate surface area is 100 Å². The Balaban J connectivity index is 2.46. The molecule has 0 saturated carbocycles. The van der Waals surface area contributed by atoms with Gasteiger partial charge in [0.1, 0.15) is 0 Å². The molecule has 0 bridgehead atoms. The molecule has 1 N–H and O–H groups in total. The summed E-state index contributed by atoms with van der Waals surface area (Å²) in [7, 11) is 0. The zero-order chi connectivity index (χ0) is 11.8. The fraction of sp³-hybridized carbons (Fsp3) is 0.600. The fourth-order valence-corrected chi connectivity index (χ4v) is 1.91. The van der Waals surface area contributed by atoms with Crippen molar-refractivity contribution in [3.05, 3.63) is 35.4 Å². The minimum atomic E-state index is 0.613. The van der Waals surface area contributed by atoms with Gasteiger partial charge in [-0.25, -0.2) is 0 Å². The lowest BCUT2D eigenvalue weighted by molar-refractivity contribution is 0.609. The molecule has 0 heterocycles. The zero-order valence-electron chi connectivity index (χ0n) is 10.9. The first-order valence-corrected chi connectivity index (χ1v) is 6.57. The molecule has 0 aromatic heterocycles. The summed E-state index contributed by atoms with van der Waals surface area (Å²) >= 11 is 0. The van der Waals surface area contributed by atoms with Crippen molar-refractivity contribution in [1.82, 2.24) is 5.32 Å². The Morgan fingerprint density at radius 1 is 1.06 bits per heavy atom. The number of aryl methyl sites for hydroxylation is 1. The quantitative estimate of drug-likeness (QED) is 0.689. The second-order valence-corrected chi connectivity index (χ2v) is 4.60. The first-order valence-electron chi connectivity index (χ1n) is 6.57. The maximum Gasteiger partial charge on any atom is 0.00174 e. The molecule has 1 nitrogen and oxygen atoms in total. The smallest absolute Gasteiger partial charge is 0.00174 e. The molecule has 1 aromatic carbocycles. The Kier molecular flexibility index (Phi) is 6.17. The summed E-state index contributed by atoms with van der Waals surface area (Å²) in [5, 5.41) is 3.47. The van der Waals surface area contributed by atoms with Crippen LogP contribution in [-0.2, 0) is 6.42 Å². The summed E-state index contributed by atoms with van der Waals surface area (Å²) in [5.74, 6) is 0.613. The summed E-state index contributed by atoms with van der Waals surface area (Å²) in [6.45, 7) is 8.93. The second kappa shape index (κ2) is 7.45. The number of hydrogen-bond acceptors (Lipinski definition) is 1. The topological polar surface area (TPSA) is 12.0 Å². The predicted octanol–water partition coefficient (Wildman–Crippen LogP) is 3.74. The van der Waals surface area contributed by atoms with Crippen LogP contribution in [0.3, 0.4) is 0 Å². The third-order valence-corrected chi connectivity index (χ3v) is 2.96. The predicted molar refractivity (Wildman–Crippen MR) is 72.0 cm³/mol. The summed E-state index contributed by atoms with van der Waals surface area (Å²) in [6, 6.07) is 9.11. The summed E-state index contributed by atoms with van der Waals surface area (Å²) in [5.41, 5.74) is 2.91. The van der Waals surface area contributed by atoms with Crippen LogP contribution in [0.1, 0.15) is 50.7 Å². The van der Waals surface area contributed by atoms with Gasteiger partial charge in [0.05, 0.1) is 0 Å². The average molecular weight is 219 g/mol. The number of rotatable bonds is 7. The van der Waals surface area contributed by atoms with Crippen LogP contribution in [0.2, 0.25) is 0 Å². The van der Waals surface area contributed by atoms with Crippen molar-refractivity contribution in [2.75, 3.05) is 13.1 Å². The third kappa shape index (κ3) is 4.36. The molecule has 1 unspecified atom stereocenters. The zero-order valence-corrected chi connectivity index (χ0v) is 10.9. The van der Waals surface area contributed by atoms with E-state index in [1.807, 2.05) is 0 Å². The minimum absolute atomic E-state index is 0.613. The van der Waals surface area contributed by atoms with Crippen LogP contribution in [0, 0.1) is 0 Å². The fourth-order valence-electron chi connectivity index (χ4n) is 1.91. The highest BCUT2D eigenvalue weighted by Crippen LogP contribution is 2.15. The van der Waals surface area contributed by atoms with E-state index in [4.69, 9.17) is 0 Å². The van der Waals surface area contributed by atoms with Crippen LogP contribution in [0.4, 0.5) is 0 Å². The Hall–Kier alpha value is -0.820. The van der Waals surface area contributed by atoms with Gasteiger partial charge in [0.25, 0.3) is 0 Å². The molecule has 0 saturated heterocycles. The largest absolute Gasteiger partial charge is 0.316 e. The molecular formula is C15H25N. The van der Waals surface area contributed by atoms with E-state index < -0.39 is 0 Å². The lowest BCUT2D eigenvalue weighted by atomic mass is 9.98. The molecular weight excluding hydrogens is 194 g/mol. The highest BCUT2D eigenvalue weighted by Gasteiger charge is 2.04. The third-order valence-electron chi connectivity index (χ3n) is 2.96. The van der Waals surface area contributed by atoms with E-state index in [-0.39, 0.29) is 0 Å². The van der Waals surface area contributed by atoms with Gasteiger partial charge in [-0.15, -0.1) is 0 Å². The molecule has 1 aromatic rings. The molecule has 0 radical (unpaired) electrons. The molecule has 1 rings (SSSR count). The SMILES string of the molecule is CCCNCC(C)c1ccc(CCC)cc1. The number of nitrogens with one attached hydrogen (secondary N) is 1. The van der Waals surface area contributed by atoms with Gasteiger partial charge < -0.3 is 5.32 Å². The van der Waals surface area contributed by atoms with E-state index in [9.17, 15) is 0 Å². The Bertz CT molecular complexity index is 276. The molecule has 1 atom stereocenters. The Morgan fingerprint density at radius 2 is 1.75 bits per heavy atom. The average Bonchev–Trinajstić information content (AvgIpc) is 2.30. The van der Waals surface area contributed by atoms with E-state index in [0.717, 1.165) is 13.1 Å². The maximum absolute atomic E-state index is 3.47. The lowest BCUT2D eigenvalue weighted by Crippen LogP contribution is -2.20. The van der Waals surface area contributed by atoms with E-state index in [2.05, 4.69) is 50.4 Å². The Morgan fingerprint density at radius 3 is 2.31 bits per heavy atom. The van der Waals surface area contributed by atoms with Crippen LogP contribution in [0.25, 0.3) is 0 Å². The van der Waals surface area contributed by atoms with Crippen LogP contribution in [0.15, 0.2) is 24.3 Å². The molecule has 0 amide bonds. The molecule has 0 aliphatic rings. The van der Waals surface area contributed by atoms with E-state index in [0.29, 0.717) is 5.92 Å². The van der Waals surface area contributed by atoms with Crippen LogP contribution >= 0.6 is 0 Å². The molecule has 16 heavy (non-hydrogen) atoms. The van der Waals surface area contributed by atoms with Gasteiger partial charge in [-0.1, -0.05) is 51.5 Å². The van der Waals surface area contributed by atoms with Crippen molar-refractivity contribution < 1.29 is 0 Å². The molecule has 90 valence electrons. The summed E-state index contributed by atoms with van der Waals surface area (Å²) in [4.78, 5) is 0. The molecule has 0 fully saturated rings. The van der Waals surface area contributed by atoms with Crippen molar-refractivity contribution in [3.8, 4) is 0 Å². The van der Waals surface area contributed by atoms with Gasteiger partial charge in [0, 0.05) is 6.54 Å². The van der Waals surface area contributed by atoms with E-state index >= 15 is 0 Å². The summed E-state index contributed by atoms with van der Waals surface area (Å²) < 4.78 is 0. The maximum atomic E-state index is 3.47. The van der Waals surface area contributed by atoms with Gasteiger partial charge >= 0.3 is 0 Å². The highest BCUT2D eigenvalue weighted by atomic mass is 14.8. The molecule has 0 spiro atoms. The van der Waals surface area contributed by atoms with Crippen molar-refractivity contribution in [2.45, 2.75) is 46.0 Å². The lowest BCUT2D eigenvalue weighted by Gasteiger charge is -2.13. The van der Waals surface area contributed by atoms with Crippen LogP contribution < -0.4 is 5.32 Å². The molecule has 0 aliphatic heterocycles. The highest BCUT2D eigenvalue weighted by molar-refractivity contribution is 5.25. The van der Waals surface area contributed by atoms with Crippen molar-refractivity contribution in [1.29, 1.82) is 0 Å². The van der Waals surface area contributed by atoms with E-state index in [1.54, 1.807) is 0 Å². The summed E-state index contributed by atoms with van der Waals surface area (Å²) in [6.07, 6.45) is 3.64. The van der Waals surface area contributed by atoms with Gasteiger partial charge in [0.15, 0.2) is 0 Å². The van der Waals surface area contributed by atoms with Gasteiger partial charge in [-0.3, -0.25) is 0 Å². The van der Waals surface area contributed by atoms with Crippen molar-refractivity contribution in [3.63, 3.8) is 0 Å². The number of benzene rings is 1. The number of hydrogen-bond donors (Lipinski definition) is 1. The van der Waals surface area contributed by atoms with Gasteiger partial charge in [-0.05, 0) is 36.4 Å². The second-order valence-electron chi connectivity index (χ2n) is 4.60. The standard InChI is InChI=1S/C15H25N/c1-4-6-14-7-9-15(10-8-14)13(3)12-16-11-5-2/h7-10,13,16H,4-6,11-12H2,1-3H3. The minimum Gasteiger partial charge on any atom is -0.316 e. The first kappa shape index (κ1) is 13.2. The monoisotopic (exact) mass is 219 g/mol. The van der Waals surface area contributed by atoms with Crippen molar-refractivity contribution >= 4 is 0 Å². The van der Waals surface area contributed by atoms with E-state index in [1.165, 1.54) is 30.4 Å². The van der Waals surface area contributed by atoms with Gasteiger partial charge in [0.2, 0.25) is 0 Å². The first-order chi connectivity index (χ1) is 7.77. The normalized spacial score (nSPS) is 12.7.